The lowest BCUT2D eigenvalue weighted by atomic mass is 9.95. The quantitative estimate of drug-likeness (QED) is 0.849. The average Bonchev–Trinajstić information content (AvgIpc) is 2.44. The monoisotopic (exact) mass is 288 g/mol. The van der Waals surface area contributed by atoms with Crippen LogP contribution in [0, 0.1) is 13.8 Å². The first-order valence-corrected chi connectivity index (χ1v) is 8.64. The highest BCUT2D eigenvalue weighted by molar-refractivity contribution is 5.28. The summed E-state index contributed by atoms with van der Waals surface area (Å²) in [6, 6.07) is 8.25. The molecular formula is C19H32N2. The molecule has 2 atom stereocenters. The molecule has 0 amide bonds. The summed E-state index contributed by atoms with van der Waals surface area (Å²) in [5.74, 6) is 0. The topological polar surface area (TPSA) is 15.3 Å². The van der Waals surface area contributed by atoms with Crippen LogP contribution < -0.4 is 5.32 Å². The van der Waals surface area contributed by atoms with Gasteiger partial charge in [-0.05, 0) is 58.7 Å². The summed E-state index contributed by atoms with van der Waals surface area (Å²) in [6.45, 7) is 12.5. The fourth-order valence-corrected chi connectivity index (χ4v) is 3.68. The van der Waals surface area contributed by atoms with E-state index in [0.717, 1.165) is 13.1 Å². The molecule has 0 radical (unpaired) electrons. The first-order chi connectivity index (χ1) is 10.1. The predicted octanol–water partition coefficient (Wildman–Crippen LogP) is 4.05. The molecule has 2 unspecified atom stereocenters. The molecule has 0 aliphatic carbocycles. The van der Waals surface area contributed by atoms with E-state index in [1.54, 1.807) is 0 Å². The summed E-state index contributed by atoms with van der Waals surface area (Å²) >= 11 is 0. The van der Waals surface area contributed by atoms with E-state index in [4.69, 9.17) is 0 Å². The molecule has 1 saturated heterocycles. The second-order valence-corrected chi connectivity index (χ2v) is 6.77. The maximum absolute atomic E-state index is 3.70. The van der Waals surface area contributed by atoms with Crippen LogP contribution in [0.1, 0.15) is 56.2 Å². The SMILES string of the molecule is CCCNC(C)C1CCCCN1Cc1cc(C)cc(C)c1. The van der Waals surface area contributed by atoms with Crippen LogP contribution in [0.15, 0.2) is 18.2 Å². The standard InChI is InChI=1S/C19H32N2/c1-5-9-20-17(4)19-8-6-7-10-21(19)14-18-12-15(2)11-16(3)13-18/h11-13,17,19-20H,5-10,14H2,1-4H3. The summed E-state index contributed by atoms with van der Waals surface area (Å²) < 4.78 is 0. The Morgan fingerprint density at radius 3 is 2.57 bits per heavy atom. The van der Waals surface area contributed by atoms with E-state index < -0.39 is 0 Å². The number of hydrogen-bond acceptors (Lipinski definition) is 2. The number of likely N-dealkylation sites (tertiary alicyclic amines) is 1. The van der Waals surface area contributed by atoms with Gasteiger partial charge < -0.3 is 5.32 Å². The molecule has 1 N–H and O–H groups in total. The molecule has 2 nitrogen and oxygen atoms in total. The van der Waals surface area contributed by atoms with E-state index in [-0.39, 0.29) is 0 Å². The first-order valence-electron chi connectivity index (χ1n) is 8.64. The molecule has 1 heterocycles. The Bertz CT molecular complexity index is 421. The highest BCUT2D eigenvalue weighted by Gasteiger charge is 2.26. The van der Waals surface area contributed by atoms with Gasteiger partial charge in [-0.1, -0.05) is 42.7 Å². The fraction of sp³-hybridized carbons (Fsp3) is 0.684. The van der Waals surface area contributed by atoms with Crippen LogP contribution in [-0.2, 0) is 6.54 Å². The highest BCUT2D eigenvalue weighted by atomic mass is 15.2. The Labute approximate surface area is 130 Å². The van der Waals surface area contributed by atoms with Gasteiger partial charge in [0.05, 0.1) is 0 Å². The van der Waals surface area contributed by atoms with Crippen LogP contribution in [0.4, 0.5) is 0 Å². The molecule has 0 saturated carbocycles. The van der Waals surface area contributed by atoms with Crippen molar-refractivity contribution in [2.75, 3.05) is 13.1 Å². The van der Waals surface area contributed by atoms with Crippen LogP contribution in [0.2, 0.25) is 0 Å². The van der Waals surface area contributed by atoms with Crippen LogP contribution in [-0.4, -0.2) is 30.1 Å². The lowest BCUT2D eigenvalue weighted by molar-refractivity contribution is 0.112. The van der Waals surface area contributed by atoms with Crippen LogP contribution >= 0.6 is 0 Å². The van der Waals surface area contributed by atoms with Crippen molar-refractivity contribution in [3.8, 4) is 0 Å². The number of hydrogen-bond donors (Lipinski definition) is 1. The Morgan fingerprint density at radius 2 is 1.90 bits per heavy atom. The Hall–Kier alpha value is -0.860. The Kier molecular flexibility index (Phi) is 6.25. The molecular weight excluding hydrogens is 256 g/mol. The molecule has 0 bridgehead atoms. The van der Waals surface area contributed by atoms with Crippen molar-refractivity contribution < 1.29 is 0 Å². The summed E-state index contributed by atoms with van der Waals surface area (Å²) in [5, 5.41) is 3.70. The van der Waals surface area contributed by atoms with Gasteiger partial charge in [-0.3, -0.25) is 4.90 Å². The van der Waals surface area contributed by atoms with Gasteiger partial charge in [0.2, 0.25) is 0 Å². The summed E-state index contributed by atoms with van der Waals surface area (Å²) in [6.07, 6.45) is 5.28. The highest BCUT2D eigenvalue weighted by Crippen LogP contribution is 2.23. The van der Waals surface area contributed by atoms with Gasteiger partial charge in [0.1, 0.15) is 0 Å². The minimum absolute atomic E-state index is 0.594. The molecule has 1 aromatic carbocycles. The smallest absolute Gasteiger partial charge is 0.0250 e. The second kappa shape index (κ2) is 7.95. The lowest BCUT2D eigenvalue weighted by Crippen LogP contribution is -2.50. The number of nitrogens with one attached hydrogen (secondary N) is 1. The second-order valence-electron chi connectivity index (χ2n) is 6.77. The molecule has 0 aromatic heterocycles. The van der Waals surface area contributed by atoms with Gasteiger partial charge in [0, 0.05) is 18.6 Å². The maximum Gasteiger partial charge on any atom is 0.0250 e. The minimum Gasteiger partial charge on any atom is -0.313 e. The molecule has 1 aliphatic heterocycles. The predicted molar refractivity (Wildman–Crippen MR) is 91.7 cm³/mol. The first kappa shape index (κ1) is 16.5. The molecule has 1 fully saturated rings. The van der Waals surface area contributed by atoms with Gasteiger partial charge in [-0.2, -0.15) is 0 Å². The molecule has 1 aromatic rings. The largest absolute Gasteiger partial charge is 0.313 e. The van der Waals surface area contributed by atoms with Gasteiger partial charge in [-0.25, -0.2) is 0 Å². The van der Waals surface area contributed by atoms with Gasteiger partial charge >= 0.3 is 0 Å². The third-order valence-corrected chi connectivity index (χ3v) is 4.62. The van der Waals surface area contributed by atoms with Crippen molar-refractivity contribution >= 4 is 0 Å². The van der Waals surface area contributed by atoms with Gasteiger partial charge in [0.15, 0.2) is 0 Å². The number of rotatable bonds is 6. The van der Waals surface area contributed by atoms with Crippen molar-refractivity contribution in [2.45, 2.75) is 72.0 Å². The van der Waals surface area contributed by atoms with Crippen LogP contribution in [0.3, 0.4) is 0 Å². The van der Waals surface area contributed by atoms with Crippen molar-refractivity contribution in [2.24, 2.45) is 0 Å². The molecule has 21 heavy (non-hydrogen) atoms. The van der Waals surface area contributed by atoms with Crippen molar-refractivity contribution in [3.05, 3.63) is 34.9 Å². The van der Waals surface area contributed by atoms with E-state index in [9.17, 15) is 0 Å². The molecule has 2 rings (SSSR count). The molecule has 2 heteroatoms. The van der Waals surface area contributed by atoms with E-state index in [1.807, 2.05) is 0 Å². The maximum atomic E-state index is 3.70. The molecule has 0 spiro atoms. The summed E-state index contributed by atoms with van der Waals surface area (Å²) in [5.41, 5.74) is 4.24. The van der Waals surface area contributed by atoms with Crippen LogP contribution in [0.25, 0.3) is 0 Å². The third-order valence-electron chi connectivity index (χ3n) is 4.62. The fourth-order valence-electron chi connectivity index (χ4n) is 3.68. The number of nitrogens with zero attached hydrogens (tertiary/aromatic N) is 1. The van der Waals surface area contributed by atoms with E-state index in [1.165, 1.54) is 48.9 Å². The third kappa shape index (κ3) is 4.82. The van der Waals surface area contributed by atoms with Crippen molar-refractivity contribution in [1.29, 1.82) is 0 Å². The van der Waals surface area contributed by atoms with E-state index in [2.05, 4.69) is 56.1 Å². The minimum atomic E-state index is 0.594. The Balaban J connectivity index is 2.04. The Morgan fingerprint density at radius 1 is 1.19 bits per heavy atom. The van der Waals surface area contributed by atoms with Gasteiger partial charge in [-0.15, -0.1) is 0 Å². The summed E-state index contributed by atoms with van der Waals surface area (Å²) in [7, 11) is 0. The normalized spacial score (nSPS) is 21.4. The van der Waals surface area contributed by atoms with E-state index in [0.29, 0.717) is 12.1 Å². The average molecular weight is 288 g/mol. The van der Waals surface area contributed by atoms with E-state index >= 15 is 0 Å². The number of piperidine rings is 1. The number of aryl methyl sites for hydroxylation is 2. The summed E-state index contributed by atoms with van der Waals surface area (Å²) in [4.78, 5) is 2.70. The zero-order valence-corrected chi connectivity index (χ0v) is 14.3. The number of benzene rings is 1. The van der Waals surface area contributed by atoms with Crippen molar-refractivity contribution in [1.82, 2.24) is 10.2 Å². The molecule has 118 valence electrons. The van der Waals surface area contributed by atoms with Crippen LogP contribution in [0.5, 0.6) is 0 Å². The zero-order chi connectivity index (χ0) is 15.2. The lowest BCUT2D eigenvalue weighted by Gasteiger charge is -2.39. The zero-order valence-electron chi connectivity index (χ0n) is 14.3. The van der Waals surface area contributed by atoms with Gasteiger partial charge in [0.25, 0.3) is 0 Å². The van der Waals surface area contributed by atoms with Crippen molar-refractivity contribution in [3.63, 3.8) is 0 Å². The molecule has 1 aliphatic rings.